The van der Waals surface area contributed by atoms with Crippen LogP contribution in [-0.2, 0) is 6.54 Å². The minimum Gasteiger partial charge on any atom is -0.393 e. The quantitative estimate of drug-likeness (QED) is 0.929. The molecule has 0 saturated carbocycles. The van der Waals surface area contributed by atoms with Crippen molar-refractivity contribution in [3.05, 3.63) is 40.1 Å². The number of benzene rings is 1. The Morgan fingerprint density at radius 2 is 2.18 bits per heavy atom. The maximum Gasteiger partial charge on any atom is 0.0971 e. The molecule has 0 amide bonds. The summed E-state index contributed by atoms with van der Waals surface area (Å²) in [4.78, 5) is 2.29. The number of aliphatic hydroxyl groups is 1. The van der Waals surface area contributed by atoms with Crippen molar-refractivity contribution >= 4 is 23.2 Å². The van der Waals surface area contributed by atoms with Gasteiger partial charge in [-0.3, -0.25) is 4.90 Å². The lowest BCUT2D eigenvalue weighted by Gasteiger charge is -2.15. The molecule has 3 rings (SSSR count). The summed E-state index contributed by atoms with van der Waals surface area (Å²) in [7, 11) is 0. The molecular formula is C15H18Cl2N4O. The highest BCUT2D eigenvalue weighted by Gasteiger charge is 2.26. The van der Waals surface area contributed by atoms with Crippen LogP contribution in [0.4, 0.5) is 0 Å². The molecule has 0 spiro atoms. The van der Waals surface area contributed by atoms with Crippen LogP contribution >= 0.6 is 23.2 Å². The Morgan fingerprint density at radius 1 is 1.36 bits per heavy atom. The lowest BCUT2D eigenvalue weighted by atomic mass is 10.0. The van der Waals surface area contributed by atoms with Crippen molar-refractivity contribution in [2.75, 3.05) is 13.1 Å². The van der Waals surface area contributed by atoms with Crippen LogP contribution < -0.4 is 0 Å². The topological polar surface area (TPSA) is 54.2 Å². The van der Waals surface area contributed by atoms with E-state index in [1.165, 1.54) is 0 Å². The van der Waals surface area contributed by atoms with Crippen LogP contribution in [0, 0.1) is 5.92 Å². The highest BCUT2D eigenvalue weighted by molar-refractivity contribution is 6.42. The summed E-state index contributed by atoms with van der Waals surface area (Å²) < 4.78 is 1.69. The fraction of sp³-hybridized carbons (Fsp3) is 0.467. The van der Waals surface area contributed by atoms with Crippen molar-refractivity contribution in [1.29, 1.82) is 0 Å². The Kier molecular flexibility index (Phi) is 4.68. The molecule has 1 aromatic heterocycles. The van der Waals surface area contributed by atoms with Crippen molar-refractivity contribution in [3.8, 4) is 5.69 Å². The maximum atomic E-state index is 9.66. The van der Waals surface area contributed by atoms with E-state index in [9.17, 15) is 5.11 Å². The number of rotatable bonds is 4. The van der Waals surface area contributed by atoms with E-state index in [1.54, 1.807) is 16.8 Å². The molecule has 5 nitrogen and oxygen atoms in total. The standard InChI is InChI=1S/C15H18Cl2N4O/c1-10(22)11-4-5-20(7-11)8-12-9-21(19-18-12)13-2-3-14(16)15(17)6-13/h2-3,6,9-11,22H,4-5,7-8H2,1H3. The first-order valence-corrected chi connectivity index (χ1v) is 8.05. The smallest absolute Gasteiger partial charge is 0.0971 e. The van der Waals surface area contributed by atoms with Gasteiger partial charge in [-0.05, 0) is 44.0 Å². The van der Waals surface area contributed by atoms with Crippen LogP contribution in [0.25, 0.3) is 5.69 Å². The van der Waals surface area contributed by atoms with E-state index in [0.717, 1.165) is 37.4 Å². The van der Waals surface area contributed by atoms with E-state index in [0.29, 0.717) is 16.0 Å². The summed E-state index contributed by atoms with van der Waals surface area (Å²) in [6, 6.07) is 5.36. The third-order valence-electron chi connectivity index (χ3n) is 4.09. The lowest BCUT2D eigenvalue weighted by Crippen LogP contribution is -2.24. The molecule has 0 bridgehead atoms. The van der Waals surface area contributed by atoms with Gasteiger partial charge in [-0.2, -0.15) is 0 Å². The summed E-state index contributed by atoms with van der Waals surface area (Å²) in [5.74, 6) is 0.352. The fourth-order valence-electron chi connectivity index (χ4n) is 2.75. The van der Waals surface area contributed by atoms with E-state index < -0.39 is 0 Å². The average molecular weight is 341 g/mol. The van der Waals surface area contributed by atoms with Crippen LogP contribution in [0.2, 0.25) is 10.0 Å². The molecule has 0 aliphatic carbocycles. The molecule has 1 aliphatic rings. The lowest BCUT2D eigenvalue weighted by molar-refractivity contribution is 0.127. The molecule has 1 N–H and O–H groups in total. The second-order valence-corrected chi connectivity index (χ2v) is 6.59. The predicted molar refractivity (Wildman–Crippen MR) is 86.4 cm³/mol. The van der Waals surface area contributed by atoms with Crippen molar-refractivity contribution in [1.82, 2.24) is 19.9 Å². The van der Waals surface area contributed by atoms with Gasteiger partial charge in [0.1, 0.15) is 0 Å². The minimum absolute atomic E-state index is 0.253. The molecule has 2 heterocycles. The summed E-state index contributed by atoms with van der Waals surface area (Å²) in [5, 5.41) is 19.0. The number of halogens is 2. The Hall–Kier alpha value is -1.14. The number of aliphatic hydroxyl groups excluding tert-OH is 1. The van der Waals surface area contributed by atoms with Crippen LogP contribution in [0.15, 0.2) is 24.4 Å². The molecule has 0 radical (unpaired) electrons. The minimum atomic E-state index is -0.253. The fourth-order valence-corrected chi connectivity index (χ4v) is 3.05. The van der Waals surface area contributed by atoms with Gasteiger partial charge < -0.3 is 5.11 Å². The SMILES string of the molecule is CC(O)C1CCN(Cc2cn(-c3ccc(Cl)c(Cl)c3)nn2)C1. The number of hydrogen-bond acceptors (Lipinski definition) is 4. The highest BCUT2D eigenvalue weighted by atomic mass is 35.5. The van der Waals surface area contributed by atoms with Crippen LogP contribution in [0.1, 0.15) is 19.0 Å². The molecule has 1 aromatic carbocycles. The summed E-state index contributed by atoms with van der Waals surface area (Å²) >= 11 is 11.9. The van der Waals surface area contributed by atoms with Gasteiger partial charge in [-0.25, -0.2) is 4.68 Å². The van der Waals surface area contributed by atoms with Gasteiger partial charge >= 0.3 is 0 Å². The van der Waals surface area contributed by atoms with Crippen molar-refractivity contribution in [2.24, 2.45) is 5.92 Å². The molecule has 1 saturated heterocycles. The van der Waals surface area contributed by atoms with Gasteiger partial charge in [0, 0.05) is 13.1 Å². The van der Waals surface area contributed by atoms with Crippen molar-refractivity contribution in [3.63, 3.8) is 0 Å². The number of likely N-dealkylation sites (tertiary alicyclic amines) is 1. The van der Waals surface area contributed by atoms with Gasteiger partial charge in [0.05, 0.1) is 33.7 Å². The van der Waals surface area contributed by atoms with E-state index in [4.69, 9.17) is 23.2 Å². The third-order valence-corrected chi connectivity index (χ3v) is 4.82. The van der Waals surface area contributed by atoms with E-state index >= 15 is 0 Å². The van der Waals surface area contributed by atoms with Gasteiger partial charge in [-0.15, -0.1) is 5.10 Å². The molecule has 2 unspecified atom stereocenters. The summed E-state index contributed by atoms with van der Waals surface area (Å²) in [6.45, 7) is 4.48. The molecule has 1 aliphatic heterocycles. The zero-order chi connectivity index (χ0) is 15.7. The van der Waals surface area contributed by atoms with Gasteiger partial charge in [0.2, 0.25) is 0 Å². The molecule has 2 atom stereocenters. The molecule has 1 fully saturated rings. The Labute approximate surface area is 139 Å². The monoisotopic (exact) mass is 340 g/mol. The first-order chi connectivity index (χ1) is 10.5. The molecule has 22 heavy (non-hydrogen) atoms. The van der Waals surface area contributed by atoms with Gasteiger partial charge in [0.25, 0.3) is 0 Å². The summed E-state index contributed by atoms with van der Waals surface area (Å²) in [5.41, 5.74) is 1.73. The summed E-state index contributed by atoms with van der Waals surface area (Å²) in [6.07, 6.45) is 2.67. The first-order valence-electron chi connectivity index (χ1n) is 7.30. The van der Waals surface area contributed by atoms with Crippen molar-refractivity contribution in [2.45, 2.75) is 26.0 Å². The second-order valence-electron chi connectivity index (χ2n) is 5.78. The molecular weight excluding hydrogens is 323 g/mol. The third kappa shape index (κ3) is 3.43. The van der Waals surface area contributed by atoms with E-state index in [-0.39, 0.29) is 6.10 Å². The number of hydrogen-bond donors (Lipinski definition) is 1. The molecule has 118 valence electrons. The van der Waals surface area contributed by atoms with E-state index in [2.05, 4.69) is 15.2 Å². The first kappa shape index (κ1) is 15.7. The number of nitrogens with zero attached hydrogens (tertiary/aromatic N) is 4. The van der Waals surface area contributed by atoms with Crippen molar-refractivity contribution < 1.29 is 5.11 Å². The molecule has 7 heteroatoms. The number of aromatic nitrogens is 3. The largest absolute Gasteiger partial charge is 0.393 e. The zero-order valence-corrected chi connectivity index (χ0v) is 13.8. The average Bonchev–Trinajstić information content (AvgIpc) is 3.12. The highest BCUT2D eigenvalue weighted by Crippen LogP contribution is 2.24. The Balaban J connectivity index is 1.68. The zero-order valence-electron chi connectivity index (χ0n) is 12.3. The van der Waals surface area contributed by atoms with E-state index in [1.807, 2.05) is 19.2 Å². The van der Waals surface area contributed by atoms with Crippen LogP contribution in [-0.4, -0.2) is 44.2 Å². The van der Waals surface area contributed by atoms with Gasteiger partial charge in [0.15, 0.2) is 0 Å². The van der Waals surface area contributed by atoms with Gasteiger partial charge in [-0.1, -0.05) is 28.4 Å². The Bertz CT molecular complexity index is 659. The predicted octanol–water partition coefficient (Wildman–Crippen LogP) is 2.78. The van der Waals surface area contributed by atoms with Crippen LogP contribution in [0.3, 0.4) is 0 Å². The second kappa shape index (κ2) is 6.54. The van der Waals surface area contributed by atoms with Crippen LogP contribution in [0.5, 0.6) is 0 Å². The molecule has 2 aromatic rings. The maximum absolute atomic E-state index is 9.66. The normalized spacial score (nSPS) is 20.5. The Morgan fingerprint density at radius 3 is 2.86 bits per heavy atom.